The lowest BCUT2D eigenvalue weighted by Gasteiger charge is -2.40. The molecule has 2 aromatic carbocycles. The predicted octanol–water partition coefficient (Wildman–Crippen LogP) is 5.53. The number of rotatable bonds is 31. The fraction of sp³-hybridized carbons (Fsp3) is 0.548. The van der Waals surface area contributed by atoms with E-state index in [4.69, 9.17) is 58.2 Å². The molecule has 10 N–H and O–H groups in total. The highest BCUT2D eigenvalue weighted by Gasteiger charge is 2.42. The van der Waals surface area contributed by atoms with E-state index in [1.54, 1.807) is 84.9 Å². The third kappa shape index (κ3) is 29.7. The van der Waals surface area contributed by atoms with Crippen LogP contribution in [0.5, 0.6) is 0 Å². The fourth-order valence-electron chi connectivity index (χ4n) is 8.19. The number of methoxy groups -OCH3 is 1. The number of aromatic nitrogens is 2. The maximum Gasteiger partial charge on any atom is 0.408 e. The minimum atomic E-state index is -2.74. The number of carbonyl (C=O) groups is 9. The van der Waals surface area contributed by atoms with E-state index < -0.39 is 171 Å². The summed E-state index contributed by atoms with van der Waals surface area (Å²) in [7, 11) is -1.63. The Balaban J connectivity index is 1.96. The molecule has 0 spiro atoms. The number of halogens is 4. The number of allylic oxidation sites excluding steroid dienone is 2. The molecule has 9 atom stereocenters. The van der Waals surface area contributed by atoms with Gasteiger partial charge in [-0.15, -0.1) is 0 Å². The fourth-order valence-corrected chi connectivity index (χ4v) is 9.88. The van der Waals surface area contributed by atoms with Gasteiger partial charge in [0.25, 0.3) is 0 Å². The summed E-state index contributed by atoms with van der Waals surface area (Å²) in [6.07, 6.45) is 2.14. The number of amides is 7. The van der Waals surface area contributed by atoms with Crippen molar-refractivity contribution in [2.45, 2.75) is 190 Å². The van der Waals surface area contributed by atoms with Crippen molar-refractivity contribution in [3.63, 3.8) is 0 Å². The minimum Gasteiger partial charge on any atom is -0.467 e. The zero-order valence-corrected chi connectivity index (χ0v) is 59.5. The number of alkyl carbamates (subject to hydrolysis) is 2. The number of nitrogens with one attached hydrogen (secondary N) is 7. The Morgan fingerprint density at radius 3 is 1.78 bits per heavy atom. The van der Waals surface area contributed by atoms with Gasteiger partial charge >= 0.3 is 24.1 Å². The standard InChI is InChI=1S/C62H89BrCl3N9O17Si/c1-36(20-21-38-22-24-40(63)25-23-38)26-48(92-93(13,14)61(9,10)11)42(72-57(86)89-34-62(64,65)66)29-49(79)68-46(32-76)52(81)70-45(56(85)90-59(3,4)5)31-75-30-41(67-35-75)28-43(73-58(87)91-60(6,7)8)51(80)74-50(37(2)78)54(83)71-47(33-77)53(82)69-44(55(84)88-12)27-39-18-16-15-17-19-39/h15-26,30,35,37,42-48,50,76-78H,27-29,31-34H2,1-14H3,(H,68,79)(H,69,82)(H,70,81)(H,71,83)(H,72,86)(H,73,87)(H,74,80)/b21-20+,36-26+/t37-,42-,43-,44-,45+,46-,47-,48-,50-/m0/s1. The van der Waals surface area contributed by atoms with Crippen LogP contribution in [0.2, 0.25) is 18.1 Å². The summed E-state index contributed by atoms with van der Waals surface area (Å²) in [6.45, 7) is 19.3. The third-order valence-corrected chi connectivity index (χ3v) is 19.2. The van der Waals surface area contributed by atoms with Gasteiger partial charge in [-0.3, -0.25) is 24.0 Å². The first kappa shape index (κ1) is 80.6. The number of carbonyl (C=O) groups excluding carboxylic acids is 9. The molecule has 516 valence electrons. The summed E-state index contributed by atoms with van der Waals surface area (Å²) in [6, 6.07) is 5.29. The second-order valence-corrected chi connectivity index (χ2v) is 33.6. The lowest BCUT2D eigenvalue weighted by molar-refractivity contribution is -0.159. The van der Waals surface area contributed by atoms with Gasteiger partial charge in [0, 0.05) is 29.9 Å². The monoisotopic (exact) mass is 1440 g/mol. The molecule has 0 unspecified atom stereocenters. The summed E-state index contributed by atoms with van der Waals surface area (Å²) < 4.78 is 28.2. The predicted molar refractivity (Wildman–Crippen MR) is 355 cm³/mol. The van der Waals surface area contributed by atoms with E-state index in [2.05, 4.69) is 58.1 Å². The van der Waals surface area contributed by atoms with Gasteiger partial charge < -0.3 is 80.5 Å². The van der Waals surface area contributed by atoms with Crippen molar-refractivity contribution < 1.29 is 81.8 Å². The van der Waals surface area contributed by atoms with E-state index in [1.165, 1.54) is 17.1 Å². The Labute approximate surface area is 566 Å². The van der Waals surface area contributed by atoms with E-state index in [0.717, 1.165) is 24.1 Å². The number of esters is 2. The molecule has 0 radical (unpaired) electrons. The number of hydrogen-bond acceptors (Lipinski definition) is 18. The Kier molecular flexibility index (Phi) is 31.5. The van der Waals surface area contributed by atoms with Gasteiger partial charge in [-0.1, -0.05) is 138 Å². The zero-order valence-electron chi connectivity index (χ0n) is 54.7. The van der Waals surface area contributed by atoms with Crippen LogP contribution in [0.3, 0.4) is 0 Å². The quantitative estimate of drug-likeness (QED) is 0.0124. The van der Waals surface area contributed by atoms with Crippen LogP contribution in [0.25, 0.3) is 6.08 Å². The Bertz CT molecular complexity index is 3080. The Morgan fingerprint density at radius 1 is 0.688 bits per heavy atom. The maximum absolute atomic E-state index is 14.2. The van der Waals surface area contributed by atoms with E-state index in [9.17, 15) is 58.5 Å². The molecule has 0 fully saturated rings. The van der Waals surface area contributed by atoms with Crippen LogP contribution in [0, 0.1) is 0 Å². The van der Waals surface area contributed by atoms with Gasteiger partial charge in [0.1, 0.15) is 54.1 Å². The highest BCUT2D eigenvalue weighted by Crippen LogP contribution is 2.38. The van der Waals surface area contributed by atoms with Gasteiger partial charge in [-0.05, 0) is 96.8 Å². The Hall–Kier alpha value is -6.63. The molecule has 0 bridgehead atoms. The van der Waals surface area contributed by atoms with E-state index in [1.807, 2.05) is 70.3 Å². The summed E-state index contributed by atoms with van der Waals surface area (Å²) in [5.74, 6) is -6.92. The van der Waals surface area contributed by atoms with Gasteiger partial charge in [0.15, 0.2) is 8.32 Å². The summed E-state index contributed by atoms with van der Waals surface area (Å²) in [5, 5.41) is 48.5. The average Bonchev–Trinajstić information content (AvgIpc) is 1.07. The van der Waals surface area contributed by atoms with E-state index >= 15 is 0 Å². The van der Waals surface area contributed by atoms with Crippen LogP contribution in [-0.4, -0.2) is 183 Å². The summed E-state index contributed by atoms with van der Waals surface area (Å²) in [5.41, 5.74) is 0.112. The molecular formula is C62H89BrCl3N9O17Si. The van der Waals surface area contributed by atoms with Crippen LogP contribution >= 0.6 is 50.7 Å². The molecule has 0 saturated carbocycles. The number of aliphatic hydroxyl groups excluding tert-OH is 3. The number of aliphatic hydroxyl groups is 3. The lowest BCUT2D eigenvalue weighted by Crippen LogP contribution is -2.61. The maximum atomic E-state index is 14.2. The largest absolute Gasteiger partial charge is 0.467 e. The van der Waals surface area contributed by atoms with Crippen molar-refractivity contribution in [1.29, 1.82) is 0 Å². The van der Waals surface area contributed by atoms with Gasteiger partial charge in [-0.25, -0.2) is 24.2 Å². The van der Waals surface area contributed by atoms with Crippen LogP contribution in [0.4, 0.5) is 9.59 Å². The van der Waals surface area contributed by atoms with Gasteiger partial charge in [0.05, 0.1) is 57.1 Å². The first-order valence-electron chi connectivity index (χ1n) is 29.6. The number of benzene rings is 2. The molecule has 0 saturated heterocycles. The number of imidazole rings is 1. The molecule has 31 heteroatoms. The molecule has 3 aromatic rings. The first-order valence-corrected chi connectivity index (χ1v) is 34.4. The van der Waals surface area contributed by atoms with Crippen molar-refractivity contribution in [2.75, 3.05) is 26.9 Å². The van der Waals surface area contributed by atoms with Crippen molar-refractivity contribution >= 4 is 119 Å². The van der Waals surface area contributed by atoms with Crippen LogP contribution in [-0.2, 0) is 76.3 Å². The molecule has 3 rings (SSSR count). The van der Waals surface area contributed by atoms with Crippen LogP contribution in [0.1, 0.15) is 99.4 Å². The molecule has 0 aliphatic heterocycles. The van der Waals surface area contributed by atoms with Crippen LogP contribution < -0.4 is 37.2 Å². The summed E-state index contributed by atoms with van der Waals surface area (Å²) in [4.78, 5) is 127. The Morgan fingerprint density at radius 2 is 1.25 bits per heavy atom. The third-order valence-electron chi connectivity index (χ3n) is 13.9. The molecule has 26 nitrogen and oxygen atoms in total. The molecule has 1 aromatic heterocycles. The summed E-state index contributed by atoms with van der Waals surface area (Å²) >= 11 is 21.1. The van der Waals surface area contributed by atoms with Crippen molar-refractivity contribution in [1.82, 2.24) is 46.8 Å². The van der Waals surface area contributed by atoms with Crippen molar-refractivity contribution in [2.24, 2.45) is 0 Å². The minimum absolute atomic E-state index is 0.00823. The SMILES string of the molecule is COC(=O)[C@H](Cc1ccccc1)NC(=O)[C@H](CO)NC(=O)[C@@H](NC(=O)[C@H](Cc1cn(C[C@@H](NC(=O)[C@H](CO)NC(=O)C[C@H](NC(=O)OCC(Cl)(Cl)Cl)[C@H](/C=C(C)/C=C/c2ccc(Br)cc2)O[Si](C)(C)C(C)(C)C)C(=O)OC(C)(C)C)cn1)NC(=O)OC(C)(C)C)[C@H](C)O. The highest BCUT2D eigenvalue weighted by atomic mass is 79.9. The normalized spacial score (nSPS) is 15.3. The molecule has 93 heavy (non-hydrogen) atoms. The smallest absolute Gasteiger partial charge is 0.408 e. The van der Waals surface area contributed by atoms with Gasteiger partial charge in [0.2, 0.25) is 33.3 Å². The second kappa shape index (κ2) is 36.3. The first-order chi connectivity index (χ1) is 43.0. The number of ether oxygens (including phenoxy) is 4. The average molecular weight is 1450 g/mol. The van der Waals surface area contributed by atoms with E-state index in [-0.39, 0.29) is 17.2 Å². The molecule has 1 heterocycles. The van der Waals surface area contributed by atoms with Gasteiger partial charge in [-0.2, -0.15) is 0 Å². The van der Waals surface area contributed by atoms with Crippen molar-refractivity contribution in [3.8, 4) is 0 Å². The number of alkyl halides is 3. The second-order valence-electron chi connectivity index (χ2n) is 25.4. The highest BCUT2D eigenvalue weighted by molar-refractivity contribution is 9.10. The van der Waals surface area contributed by atoms with E-state index in [0.29, 0.717) is 11.1 Å². The molecule has 7 amide bonds. The van der Waals surface area contributed by atoms with Crippen molar-refractivity contribution in [3.05, 3.63) is 106 Å². The number of hydrogen-bond donors (Lipinski definition) is 10. The molecule has 0 aliphatic rings. The zero-order chi connectivity index (χ0) is 70.4. The number of nitrogens with zero attached hydrogens (tertiary/aromatic N) is 2. The topological polar surface area (TPSA) is 362 Å². The molecule has 0 aliphatic carbocycles. The molecular weight excluding hydrogens is 1360 g/mol. The van der Waals surface area contributed by atoms with Crippen LogP contribution in [0.15, 0.2) is 89.3 Å². The lowest BCUT2D eigenvalue weighted by atomic mass is 10.0.